The lowest BCUT2D eigenvalue weighted by Crippen LogP contribution is -1.84. The second kappa shape index (κ2) is 1.62. The predicted octanol–water partition coefficient (Wildman–Crippen LogP) is 0.735. The summed E-state index contributed by atoms with van der Waals surface area (Å²) in [6.45, 7) is 0. The van der Waals surface area contributed by atoms with Crippen LogP contribution in [0.1, 0.15) is 5.69 Å². The van der Waals surface area contributed by atoms with Crippen LogP contribution in [0.4, 0.5) is 5.82 Å². The van der Waals surface area contributed by atoms with Gasteiger partial charge in [-0.3, -0.25) is 4.98 Å². The first-order valence-corrected chi connectivity index (χ1v) is 2.79. The summed E-state index contributed by atoms with van der Waals surface area (Å²) in [6, 6.07) is 0. The van der Waals surface area contributed by atoms with Gasteiger partial charge in [-0.05, 0) is 0 Å². The summed E-state index contributed by atoms with van der Waals surface area (Å²) < 4.78 is 0. The van der Waals surface area contributed by atoms with Crippen molar-refractivity contribution < 1.29 is 0 Å². The Bertz CT molecular complexity index is 254. The summed E-state index contributed by atoms with van der Waals surface area (Å²) in [5.41, 5.74) is 0.984. The van der Waals surface area contributed by atoms with Crippen LogP contribution in [0.3, 0.4) is 0 Å². The highest BCUT2D eigenvalue weighted by Crippen LogP contribution is 2.16. The molecule has 0 saturated carbocycles. The molecule has 1 aromatic heterocycles. The van der Waals surface area contributed by atoms with Crippen molar-refractivity contribution in [3.8, 4) is 0 Å². The molecule has 9 heavy (non-hydrogen) atoms. The van der Waals surface area contributed by atoms with Crippen molar-refractivity contribution in [3.63, 3.8) is 0 Å². The van der Waals surface area contributed by atoms with E-state index in [9.17, 15) is 0 Å². The van der Waals surface area contributed by atoms with E-state index in [-0.39, 0.29) is 0 Å². The first-order chi connectivity index (χ1) is 4.47. The van der Waals surface area contributed by atoms with Crippen LogP contribution in [0.2, 0.25) is 0 Å². The first kappa shape index (κ1) is 4.61. The van der Waals surface area contributed by atoms with Gasteiger partial charge in [0, 0.05) is 25.0 Å². The summed E-state index contributed by atoms with van der Waals surface area (Å²) >= 11 is 0. The van der Waals surface area contributed by atoms with Gasteiger partial charge in [-0.25, -0.2) is 9.98 Å². The Morgan fingerprint density at radius 3 is 3.00 bits per heavy atom. The fourth-order valence-corrected chi connectivity index (χ4v) is 0.830. The number of fused-ring (bicyclic) bond motifs is 1. The highest BCUT2D eigenvalue weighted by Gasteiger charge is 2.05. The van der Waals surface area contributed by atoms with E-state index in [0.29, 0.717) is 0 Å². The lowest BCUT2D eigenvalue weighted by atomic mass is 10.4. The van der Waals surface area contributed by atoms with Gasteiger partial charge in [-0.2, -0.15) is 0 Å². The van der Waals surface area contributed by atoms with Gasteiger partial charge in [-0.1, -0.05) is 0 Å². The van der Waals surface area contributed by atoms with Crippen molar-refractivity contribution in [2.24, 2.45) is 4.99 Å². The van der Waals surface area contributed by atoms with Gasteiger partial charge in [-0.15, -0.1) is 0 Å². The maximum Gasteiger partial charge on any atom is 0.173 e. The zero-order valence-electron chi connectivity index (χ0n) is 4.78. The molecule has 0 atom stereocenters. The third-order valence-electron chi connectivity index (χ3n) is 1.25. The van der Waals surface area contributed by atoms with Gasteiger partial charge in [0.05, 0.1) is 5.69 Å². The second-order valence-electron chi connectivity index (χ2n) is 1.84. The van der Waals surface area contributed by atoms with Crippen molar-refractivity contribution in [1.29, 1.82) is 0 Å². The van der Waals surface area contributed by atoms with E-state index in [1.165, 1.54) is 0 Å². The molecule has 3 nitrogen and oxygen atoms in total. The number of nitrogens with zero attached hydrogens (tertiary/aromatic N) is 3. The van der Waals surface area contributed by atoms with Gasteiger partial charge in [0.15, 0.2) is 5.82 Å². The average molecular weight is 119 g/mol. The maximum absolute atomic E-state index is 4.07. The first-order valence-electron chi connectivity index (χ1n) is 2.79. The van der Waals surface area contributed by atoms with Crippen molar-refractivity contribution in [2.45, 2.75) is 6.42 Å². The van der Waals surface area contributed by atoms with Gasteiger partial charge in [0.25, 0.3) is 0 Å². The minimum atomic E-state index is 0.775. The fraction of sp³-hybridized carbons (Fsp3) is 0.167. The van der Waals surface area contributed by atoms with Crippen LogP contribution < -0.4 is 0 Å². The van der Waals surface area contributed by atoms with Gasteiger partial charge in [0.1, 0.15) is 0 Å². The molecule has 0 amide bonds. The standard InChI is InChI=1S/C6H5N3/c1-2-8-6-5(1)7-3-4-9-6/h2-4H,1H2. The molecule has 2 heterocycles. The largest absolute Gasteiger partial charge is 0.255 e. The summed E-state index contributed by atoms with van der Waals surface area (Å²) in [4.78, 5) is 12.1. The Morgan fingerprint density at radius 2 is 2.11 bits per heavy atom. The Labute approximate surface area is 52.5 Å². The van der Waals surface area contributed by atoms with Crippen LogP contribution in [0.15, 0.2) is 17.4 Å². The van der Waals surface area contributed by atoms with E-state index < -0.39 is 0 Å². The number of hydrogen-bond donors (Lipinski definition) is 0. The lowest BCUT2D eigenvalue weighted by Gasteiger charge is -1.89. The van der Waals surface area contributed by atoms with E-state index >= 15 is 0 Å². The Morgan fingerprint density at radius 1 is 1.22 bits per heavy atom. The topological polar surface area (TPSA) is 38.1 Å². The Kier molecular flexibility index (Phi) is 0.828. The quantitative estimate of drug-likeness (QED) is 0.505. The van der Waals surface area contributed by atoms with Crippen LogP contribution in [-0.4, -0.2) is 16.2 Å². The van der Waals surface area contributed by atoms with Gasteiger partial charge < -0.3 is 0 Å². The molecule has 3 heteroatoms. The molecule has 0 N–H and O–H groups in total. The smallest absolute Gasteiger partial charge is 0.173 e. The molecular weight excluding hydrogens is 114 g/mol. The summed E-state index contributed by atoms with van der Waals surface area (Å²) in [6.07, 6.45) is 6.00. The zero-order chi connectivity index (χ0) is 6.10. The van der Waals surface area contributed by atoms with Crippen LogP contribution in [-0.2, 0) is 6.42 Å². The Hall–Kier alpha value is -1.25. The highest BCUT2D eigenvalue weighted by molar-refractivity contribution is 5.71. The summed E-state index contributed by atoms with van der Waals surface area (Å²) in [5, 5.41) is 0. The molecule has 0 aromatic carbocycles. The van der Waals surface area contributed by atoms with Gasteiger partial charge in [0.2, 0.25) is 0 Å². The molecule has 0 radical (unpaired) electrons. The van der Waals surface area contributed by atoms with E-state index in [1.807, 2.05) is 6.21 Å². The summed E-state index contributed by atoms with van der Waals surface area (Å²) in [7, 11) is 0. The molecule has 0 fully saturated rings. The fourth-order valence-electron chi connectivity index (χ4n) is 0.830. The molecule has 0 aliphatic carbocycles. The maximum atomic E-state index is 4.07. The molecule has 0 saturated heterocycles. The highest BCUT2D eigenvalue weighted by atomic mass is 15.0. The van der Waals surface area contributed by atoms with E-state index in [2.05, 4.69) is 15.0 Å². The third-order valence-corrected chi connectivity index (χ3v) is 1.25. The van der Waals surface area contributed by atoms with E-state index in [4.69, 9.17) is 0 Å². The molecule has 1 aliphatic rings. The molecular formula is C6H5N3. The van der Waals surface area contributed by atoms with Gasteiger partial charge >= 0.3 is 0 Å². The lowest BCUT2D eigenvalue weighted by molar-refractivity contribution is 1.11. The summed E-state index contributed by atoms with van der Waals surface area (Å²) in [5.74, 6) is 0.775. The van der Waals surface area contributed by atoms with Crippen LogP contribution in [0, 0.1) is 0 Å². The Balaban J connectivity index is 2.63. The number of aliphatic imine (C=N–C) groups is 1. The van der Waals surface area contributed by atoms with Crippen molar-refractivity contribution in [1.82, 2.24) is 9.97 Å². The monoisotopic (exact) mass is 119 g/mol. The number of rotatable bonds is 0. The molecule has 2 rings (SSSR count). The minimum Gasteiger partial charge on any atom is -0.255 e. The van der Waals surface area contributed by atoms with Crippen LogP contribution >= 0.6 is 0 Å². The van der Waals surface area contributed by atoms with E-state index in [0.717, 1.165) is 17.9 Å². The molecule has 0 unspecified atom stereocenters. The molecule has 1 aliphatic heterocycles. The minimum absolute atomic E-state index is 0.775. The second-order valence-corrected chi connectivity index (χ2v) is 1.84. The average Bonchev–Trinajstić information content (AvgIpc) is 2.33. The predicted molar refractivity (Wildman–Crippen MR) is 33.9 cm³/mol. The van der Waals surface area contributed by atoms with E-state index in [1.54, 1.807) is 12.4 Å². The van der Waals surface area contributed by atoms with Crippen LogP contribution in [0.25, 0.3) is 0 Å². The molecule has 44 valence electrons. The SMILES string of the molecule is C1=Nc2nccnc2C1. The van der Waals surface area contributed by atoms with Crippen molar-refractivity contribution in [2.75, 3.05) is 0 Å². The van der Waals surface area contributed by atoms with Crippen molar-refractivity contribution in [3.05, 3.63) is 18.1 Å². The molecule has 0 bridgehead atoms. The number of aromatic nitrogens is 2. The zero-order valence-corrected chi connectivity index (χ0v) is 4.78. The molecule has 1 aromatic rings. The van der Waals surface area contributed by atoms with Crippen molar-refractivity contribution >= 4 is 12.0 Å². The normalized spacial score (nSPS) is 13.8. The van der Waals surface area contributed by atoms with Crippen LogP contribution in [0.5, 0.6) is 0 Å². The molecule has 0 spiro atoms. The number of hydrogen-bond acceptors (Lipinski definition) is 3. The third kappa shape index (κ3) is 0.614.